The van der Waals surface area contributed by atoms with Gasteiger partial charge in [-0.3, -0.25) is 4.98 Å². The molecular formula is C18H22N2. The van der Waals surface area contributed by atoms with Gasteiger partial charge in [0.05, 0.1) is 0 Å². The average molecular weight is 266 g/mol. The van der Waals surface area contributed by atoms with Gasteiger partial charge in [-0.05, 0) is 36.0 Å². The Morgan fingerprint density at radius 2 is 1.85 bits per heavy atom. The van der Waals surface area contributed by atoms with Gasteiger partial charge in [0.15, 0.2) is 0 Å². The summed E-state index contributed by atoms with van der Waals surface area (Å²) in [5, 5.41) is 3.75. The lowest BCUT2D eigenvalue weighted by molar-refractivity contribution is 0.326. The summed E-state index contributed by atoms with van der Waals surface area (Å²) in [7, 11) is 0. The van der Waals surface area contributed by atoms with Gasteiger partial charge in [0.25, 0.3) is 0 Å². The van der Waals surface area contributed by atoms with Crippen LogP contribution in [0.5, 0.6) is 0 Å². The number of hydrogen-bond acceptors (Lipinski definition) is 2. The minimum Gasteiger partial charge on any atom is -0.309 e. The highest BCUT2D eigenvalue weighted by atomic mass is 14.9. The van der Waals surface area contributed by atoms with Gasteiger partial charge in [-0.1, -0.05) is 49.2 Å². The van der Waals surface area contributed by atoms with Crippen LogP contribution in [0, 0.1) is 0 Å². The van der Waals surface area contributed by atoms with Crippen molar-refractivity contribution in [2.24, 2.45) is 0 Å². The summed E-state index contributed by atoms with van der Waals surface area (Å²) in [6.07, 6.45) is 9.05. The molecule has 2 unspecified atom stereocenters. The molecule has 104 valence electrons. The normalized spacial score (nSPS) is 22.6. The van der Waals surface area contributed by atoms with Crippen LogP contribution in [0.25, 0.3) is 0 Å². The summed E-state index contributed by atoms with van der Waals surface area (Å²) in [4.78, 5) is 4.19. The predicted molar refractivity (Wildman–Crippen MR) is 82.5 cm³/mol. The highest BCUT2D eigenvalue weighted by molar-refractivity contribution is 5.22. The van der Waals surface area contributed by atoms with Gasteiger partial charge in [0.2, 0.25) is 0 Å². The van der Waals surface area contributed by atoms with Crippen LogP contribution in [0.1, 0.15) is 42.7 Å². The lowest BCUT2D eigenvalue weighted by atomic mass is 9.80. The maximum absolute atomic E-state index is 4.19. The molecular weight excluding hydrogens is 244 g/mol. The molecule has 1 N–H and O–H groups in total. The molecule has 1 fully saturated rings. The zero-order valence-electron chi connectivity index (χ0n) is 11.8. The van der Waals surface area contributed by atoms with Crippen molar-refractivity contribution in [2.45, 2.75) is 44.2 Å². The molecule has 0 bridgehead atoms. The number of aromatic nitrogens is 1. The fraction of sp³-hybridized carbons (Fsp3) is 0.389. The van der Waals surface area contributed by atoms with Crippen molar-refractivity contribution in [1.82, 2.24) is 10.3 Å². The summed E-state index contributed by atoms with van der Waals surface area (Å²) in [6.45, 7) is 0.918. The van der Waals surface area contributed by atoms with E-state index < -0.39 is 0 Å². The van der Waals surface area contributed by atoms with Crippen LogP contribution in [0.2, 0.25) is 0 Å². The molecule has 2 nitrogen and oxygen atoms in total. The van der Waals surface area contributed by atoms with E-state index in [1.807, 2.05) is 18.5 Å². The third-order valence-corrected chi connectivity index (χ3v) is 4.28. The quantitative estimate of drug-likeness (QED) is 0.908. The zero-order valence-corrected chi connectivity index (χ0v) is 11.8. The topological polar surface area (TPSA) is 24.9 Å². The summed E-state index contributed by atoms with van der Waals surface area (Å²) in [6, 6.07) is 15.7. The van der Waals surface area contributed by atoms with Crippen molar-refractivity contribution in [3.8, 4) is 0 Å². The summed E-state index contributed by atoms with van der Waals surface area (Å²) < 4.78 is 0. The van der Waals surface area contributed by atoms with Crippen LogP contribution in [0.3, 0.4) is 0 Å². The Kier molecular flexibility index (Phi) is 4.44. The Hall–Kier alpha value is -1.67. The molecule has 0 spiro atoms. The smallest absolute Gasteiger partial charge is 0.0312 e. The Morgan fingerprint density at radius 1 is 1.00 bits per heavy atom. The van der Waals surface area contributed by atoms with E-state index in [0.717, 1.165) is 6.54 Å². The second kappa shape index (κ2) is 6.67. The minimum atomic E-state index is 0.589. The molecule has 1 aliphatic carbocycles. The SMILES string of the molecule is c1ccc(C2CCCCC2NCc2cccnc2)cc1. The second-order valence-electron chi connectivity index (χ2n) is 5.65. The van der Waals surface area contributed by atoms with E-state index in [-0.39, 0.29) is 0 Å². The van der Waals surface area contributed by atoms with Gasteiger partial charge in [-0.15, -0.1) is 0 Å². The summed E-state index contributed by atoms with van der Waals surface area (Å²) >= 11 is 0. The van der Waals surface area contributed by atoms with E-state index in [1.165, 1.54) is 36.8 Å². The first kappa shape index (κ1) is 13.3. The third-order valence-electron chi connectivity index (χ3n) is 4.28. The van der Waals surface area contributed by atoms with E-state index in [4.69, 9.17) is 0 Å². The Morgan fingerprint density at radius 3 is 2.65 bits per heavy atom. The Labute approximate surface area is 121 Å². The van der Waals surface area contributed by atoms with Crippen LogP contribution in [-0.4, -0.2) is 11.0 Å². The van der Waals surface area contributed by atoms with Crippen LogP contribution in [0.4, 0.5) is 0 Å². The van der Waals surface area contributed by atoms with Crippen molar-refractivity contribution < 1.29 is 0 Å². The fourth-order valence-electron chi connectivity index (χ4n) is 3.23. The number of benzene rings is 1. The molecule has 1 aromatic carbocycles. The predicted octanol–water partition coefficient (Wildman–Crippen LogP) is 3.90. The highest BCUT2D eigenvalue weighted by Gasteiger charge is 2.25. The van der Waals surface area contributed by atoms with Crippen molar-refractivity contribution >= 4 is 0 Å². The van der Waals surface area contributed by atoms with Crippen LogP contribution in [-0.2, 0) is 6.54 Å². The Balaban J connectivity index is 1.67. The average Bonchev–Trinajstić information content (AvgIpc) is 2.55. The first-order valence-corrected chi connectivity index (χ1v) is 7.61. The fourth-order valence-corrected chi connectivity index (χ4v) is 3.23. The molecule has 0 aliphatic heterocycles. The number of hydrogen-bond donors (Lipinski definition) is 1. The van der Waals surface area contributed by atoms with E-state index in [9.17, 15) is 0 Å². The molecule has 20 heavy (non-hydrogen) atoms. The molecule has 2 atom stereocenters. The maximum atomic E-state index is 4.19. The molecule has 0 radical (unpaired) electrons. The first-order chi connectivity index (χ1) is 9.93. The largest absolute Gasteiger partial charge is 0.309 e. The standard InChI is InChI=1S/C18H22N2/c1-2-8-16(9-3-1)17-10-4-5-11-18(17)20-14-15-7-6-12-19-13-15/h1-3,6-9,12-13,17-18,20H,4-5,10-11,14H2. The molecule has 1 aromatic heterocycles. The third kappa shape index (κ3) is 3.26. The maximum Gasteiger partial charge on any atom is 0.0312 e. The first-order valence-electron chi connectivity index (χ1n) is 7.61. The number of pyridine rings is 1. The lowest BCUT2D eigenvalue weighted by Gasteiger charge is -2.33. The monoisotopic (exact) mass is 266 g/mol. The van der Waals surface area contributed by atoms with E-state index in [1.54, 1.807) is 0 Å². The van der Waals surface area contributed by atoms with Gasteiger partial charge >= 0.3 is 0 Å². The van der Waals surface area contributed by atoms with Crippen molar-refractivity contribution in [3.63, 3.8) is 0 Å². The van der Waals surface area contributed by atoms with Gasteiger partial charge < -0.3 is 5.32 Å². The van der Waals surface area contributed by atoms with Crippen molar-refractivity contribution in [1.29, 1.82) is 0 Å². The number of nitrogens with one attached hydrogen (secondary N) is 1. The molecule has 1 heterocycles. The molecule has 1 aliphatic rings. The minimum absolute atomic E-state index is 0.589. The number of rotatable bonds is 4. The van der Waals surface area contributed by atoms with E-state index in [2.05, 4.69) is 46.7 Å². The summed E-state index contributed by atoms with van der Waals surface area (Å²) in [5.74, 6) is 0.654. The van der Waals surface area contributed by atoms with Crippen LogP contribution < -0.4 is 5.32 Å². The molecule has 3 rings (SSSR count). The van der Waals surface area contributed by atoms with E-state index >= 15 is 0 Å². The van der Waals surface area contributed by atoms with E-state index in [0.29, 0.717) is 12.0 Å². The Bertz CT molecular complexity index is 509. The highest BCUT2D eigenvalue weighted by Crippen LogP contribution is 2.33. The van der Waals surface area contributed by atoms with Crippen LogP contribution in [0.15, 0.2) is 54.9 Å². The number of nitrogens with zero attached hydrogens (tertiary/aromatic N) is 1. The molecule has 0 saturated heterocycles. The van der Waals surface area contributed by atoms with Gasteiger partial charge in [0.1, 0.15) is 0 Å². The lowest BCUT2D eigenvalue weighted by Crippen LogP contribution is -2.36. The molecule has 0 amide bonds. The van der Waals surface area contributed by atoms with Gasteiger partial charge in [-0.2, -0.15) is 0 Å². The van der Waals surface area contributed by atoms with Crippen molar-refractivity contribution in [3.05, 3.63) is 66.0 Å². The van der Waals surface area contributed by atoms with Crippen LogP contribution >= 0.6 is 0 Å². The molecule has 2 aromatic rings. The zero-order chi connectivity index (χ0) is 13.6. The van der Waals surface area contributed by atoms with Gasteiger partial charge in [-0.25, -0.2) is 0 Å². The molecule has 2 heteroatoms. The second-order valence-corrected chi connectivity index (χ2v) is 5.65. The summed E-state index contributed by atoms with van der Waals surface area (Å²) in [5.41, 5.74) is 2.75. The van der Waals surface area contributed by atoms with Gasteiger partial charge in [0, 0.05) is 25.0 Å². The molecule has 1 saturated carbocycles. The van der Waals surface area contributed by atoms with Crippen molar-refractivity contribution in [2.75, 3.05) is 0 Å².